The van der Waals surface area contributed by atoms with Crippen molar-refractivity contribution < 1.29 is 9.53 Å². The second-order valence-electron chi connectivity index (χ2n) is 8.71. The summed E-state index contributed by atoms with van der Waals surface area (Å²) in [5.74, 6) is 2.41. The van der Waals surface area contributed by atoms with E-state index in [2.05, 4.69) is 12.2 Å². The molecule has 1 amide bonds. The molecule has 1 heterocycles. The van der Waals surface area contributed by atoms with Crippen molar-refractivity contribution in [3.8, 4) is 0 Å². The van der Waals surface area contributed by atoms with Crippen LogP contribution in [0.3, 0.4) is 0 Å². The second kappa shape index (κ2) is 8.36. The van der Waals surface area contributed by atoms with Crippen molar-refractivity contribution in [2.24, 2.45) is 17.8 Å². The molecule has 0 aromatic carbocycles. The number of carbonyl (C=O) groups is 1. The summed E-state index contributed by atoms with van der Waals surface area (Å²) in [6.07, 6.45) is 7.74. The first-order valence-corrected chi connectivity index (χ1v) is 9.52. The second-order valence-corrected chi connectivity index (χ2v) is 8.71. The highest BCUT2D eigenvalue weighted by Gasteiger charge is 2.29. The Kier molecular flexibility index (Phi) is 6.75. The van der Waals surface area contributed by atoms with E-state index in [-0.39, 0.29) is 6.09 Å². The van der Waals surface area contributed by atoms with E-state index < -0.39 is 5.60 Å². The maximum Gasteiger partial charge on any atom is 0.410 e. The van der Waals surface area contributed by atoms with E-state index in [1.165, 1.54) is 38.6 Å². The van der Waals surface area contributed by atoms with Gasteiger partial charge >= 0.3 is 6.09 Å². The van der Waals surface area contributed by atoms with Crippen molar-refractivity contribution in [1.82, 2.24) is 10.2 Å². The van der Waals surface area contributed by atoms with Gasteiger partial charge in [-0.05, 0) is 77.3 Å². The molecule has 2 rings (SSSR count). The molecule has 134 valence electrons. The van der Waals surface area contributed by atoms with Crippen molar-refractivity contribution in [2.75, 3.05) is 26.2 Å². The van der Waals surface area contributed by atoms with Gasteiger partial charge in [-0.2, -0.15) is 0 Å². The first-order valence-electron chi connectivity index (χ1n) is 9.52. The Morgan fingerprint density at radius 2 is 2.00 bits per heavy atom. The average molecular weight is 325 g/mol. The maximum atomic E-state index is 12.1. The number of hydrogen-bond acceptors (Lipinski definition) is 3. The molecule has 1 saturated carbocycles. The zero-order valence-corrected chi connectivity index (χ0v) is 15.6. The predicted molar refractivity (Wildman–Crippen MR) is 94.5 cm³/mol. The first-order chi connectivity index (χ1) is 10.8. The van der Waals surface area contributed by atoms with E-state index in [4.69, 9.17) is 4.74 Å². The van der Waals surface area contributed by atoms with E-state index in [9.17, 15) is 4.79 Å². The van der Waals surface area contributed by atoms with Crippen LogP contribution in [0.2, 0.25) is 0 Å². The number of ether oxygens (including phenoxy) is 1. The van der Waals surface area contributed by atoms with Gasteiger partial charge in [-0.15, -0.1) is 0 Å². The largest absolute Gasteiger partial charge is 0.444 e. The van der Waals surface area contributed by atoms with Crippen molar-refractivity contribution in [3.63, 3.8) is 0 Å². The van der Waals surface area contributed by atoms with Gasteiger partial charge in [0.25, 0.3) is 0 Å². The Balaban J connectivity index is 1.58. The van der Waals surface area contributed by atoms with Gasteiger partial charge in [-0.1, -0.05) is 19.8 Å². The summed E-state index contributed by atoms with van der Waals surface area (Å²) in [6, 6.07) is 0. The summed E-state index contributed by atoms with van der Waals surface area (Å²) in [4.78, 5) is 13.9. The van der Waals surface area contributed by atoms with Gasteiger partial charge in [0.1, 0.15) is 5.60 Å². The fourth-order valence-electron chi connectivity index (χ4n) is 3.92. The van der Waals surface area contributed by atoms with Gasteiger partial charge in [0, 0.05) is 13.1 Å². The molecule has 4 nitrogen and oxygen atoms in total. The molecule has 1 aliphatic carbocycles. The first kappa shape index (κ1) is 18.6. The summed E-state index contributed by atoms with van der Waals surface area (Å²) < 4.78 is 5.46. The summed E-state index contributed by atoms with van der Waals surface area (Å²) in [7, 11) is 0. The van der Waals surface area contributed by atoms with Crippen molar-refractivity contribution in [3.05, 3.63) is 0 Å². The minimum absolute atomic E-state index is 0.149. The van der Waals surface area contributed by atoms with E-state index >= 15 is 0 Å². The normalized spacial score (nSPS) is 28.9. The number of nitrogens with one attached hydrogen (secondary N) is 1. The third kappa shape index (κ3) is 6.70. The van der Waals surface area contributed by atoms with Crippen LogP contribution in [0, 0.1) is 17.8 Å². The smallest absolute Gasteiger partial charge is 0.410 e. The molecular weight excluding hydrogens is 288 g/mol. The fraction of sp³-hybridized carbons (Fsp3) is 0.947. The van der Waals surface area contributed by atoms with Crippen LogP contribution >= 0.6 is 0 Å². The SMILES string of the molecule is CC1CCCC(CNCCC2CCN(C(=O)OC(C)(C)C)C2)C1. The quantitative estimate of drug-likeness (QED) is 0.776. The van der Waals surface area contributed by atoms with E-state index in [0.29, 0.717) is 5.92 Å². The molecule has 0 radical (unpaired) electrons. The van der Waals surface area contributed by atoms with Crippen LogP contribution in [-0.2, 0) is 4.74 Å². The van der Waals surface area contributed by atoms with Gasteiger partial charge in [-0.3, -0.25) is 0 Å². The Hall–Kier alpha value is -0.770. The molecule has 4 heteroatoms. The van der Waals surface area contributed by atoms with Crippen LogP contribution < -0.4 is 5.32 Å². The van der Waals surface area contributed by atoms with Crippen LogP contribution in [0.5, 0.6) is 0 Å². The third-order valence-electron chi connectivity index (χ3n) is 5.14. The van der Waals surface area contributed by atoms with Gasteiger partial charge in [-0.25, -0.2) is 4.79 Å². The lowest BCUT2D eigenvalue weighted by Gasteiger charge is -2.27. The van der Waals surface area contributed by atoms with E-state index in [0.717, 1.165) is 37.9 Å². The van der Waals surface area contributed by atoms with Crippen molar-refractivity contribution in [1.29, 1.82) is 0 Å². The molecule has 0 spiro atoms. The van der Waals surface area contributed by atoms with Crippen LogP contribution in [0.1, 0.15) is 66.2 Å². The van der Waals surface area contributed by atoms with Gasteiger partial charge in [0.15, 0.2) is 0 Å². The van der Waals surface area contributed by atoms with E-state index in [1.807, 2.05) is 25.7 Å². The molecule has 1 aliphatic heterocycles. The number of likely N-dealkylation sites (tertiary alicyclic amines) is 1. The molecule has 23 heavy (non-hydrogen) atoms. The number of nitrogens with zero attached hydrogens (tertiary/aromatic N) is 1. The molecule has 3 unspecified atom stereocenters. The van der Waals surface area contributed by atoms with Crippen molar-refractivity contribution in [2.45, 2.75) is 71.8 Å². The molecule has 0 aromatic rings. The minimum Gasteiger partial charge on any atom is -0.444 e. The number of carbonyl (C=O) groups excluding carboxylic acids is 1. The highest BCUT2D eigenvalue weighted by Crippen LogP contribution is 2.28. The van der Waals surface area contributed by atoms with Gasteiger partial charge in [0.2, 0.25) is 0 Å². The monoisotopic (exact) mass is 324 g/mol. The Bertz CT molecular complexity index is 378. The molecule has 2 fully saturated rings. The fourth-order valence-corrected chi connectivity index (χ4v) is 3.92. The Labute approximate surface area is 142 Å². The Morgan fingerprint density at radius 3 is 2.70 bits per heavy atom. The van der Waals surface area contributed by atoms with Gasteiger partial charge < -0.3 is 15.0 Å². The number of rotatable bonds is 5. The molecule has 3 atom stereocenters. The van der Waals surface area contributed by atoms with Crippen molar-refractivity contribution >= 4 is 6.09 Å². The highest BCUT2D eigenvalue weighted by molar-refractivity contribution is 5.68. The molecule has 1 saturated heterocycles. The summed E-state index contributed by atoms with van der Waals surface area (Å²) in [5.41, 5.74) is -0.395. The van der Waals surface area contributed by atoms with Crippen LogP contribution in [0.25, 0.3) is 0 Å². The third-order valence-corrected chi connectivity index (χ3v) is 5.14. The molecule has 2 aliphatic rings. The zero-order chi connectivity index (χ0) is 16.9. The van der Waals surface area contributed by atoms with Gasteiger partial charge in [0.05, 0.1) is 0 Å². The number of amides is 1. The van der Waals surface area contributed by atoms with Crippen LogP contribution in [0.4, 0.5) is 4.79 Å². The topological polar surface area (TPSA) is 41.6 Å². The Morgan fingerprint density at radius 1 is 1.22 bits per heavy atom. The van der Waals surface area contributed by atoms with Crippen LogP contribution in [0.15, 0.2) is 0 Å². The summed E-state index contributed by atoms with van der Waals surface area (Å²) in [5, 5.41) is 3.65. The zero-order valence-electron chi connectivity index (χ0n) is 15.6. The lowest BCUT2D eigenvalue weighted by atomic mass is 9.82. The molecule has 1 N–H and O–H groups in total. The molecule has 0 aromatic heterocycles. The maximum absolute atomic E-state index is 12.1. The highest BCUT2D eigenvalue weighted by atomic mass is 16.6. The predicted octanol–water partition coefficient (Wildman–Crippen LogP) is 4.05. The molecular formula is C19H36N2O2. The summed E-state index contributed by atoms with van der Waals surface area (Å²) >= 11 is 0. The number of hydrogen-bond donors (Lipinski definition) is 1. The van der Waals surface area contributed by atoms with Crippen LogP contribution in [-0.4, -0.2) is 42.8 Å². The minimum atomic E-state index is -0.395. The lowest BCUT2D eigenvalue weighted by molar-refractivity contribution is 0.0287. The molecule has 0 bridgehead atoms. The standard InChI is InChI=1S/C19H36N2O2/c1-15-6-5-7-17(12-15)13-20-10-8-16-9-11-21(14-16)18(22)23-19(2,3)4/h15-17,20H,5-14H2,1-4H3. The lowest BCUT2D eigenvalue weighted by Crippen LogP contribution is -2.35. The average Bonchev–Trinajstić information content (AvgIpc) is 2.91. The summed E-state index contributed by atoms with van der Waals surface area (Å²) in [6.45, 7) is 12.1. The van der Waals surface area contributed by atoms with E-state index in [1.54, 1.807) is 0 Å².